The molecule has 0 bridgehead atoms. The zero-order chi connectivity index (χ0) is 22.1. The highest BCUT2D eigenvalue weighted by molar-refractivity contribution is 5.71. The number of hydrogen-bond acceptors (Lipinski definition) is 1. The SMILES string of the molecule is Cc1ccc(-c2ccc(Oc3ccc(-c4ccc(C)cc4C)cc3C)c(C)c2)c(C)c1. The van der Waals surface area contributed by atoms with E-state index in [9.17, 15) is 0 Å². The summed E-state index contributed by atoms with van der Waals surface area (Å²) in [5.41, 5.74) is 12.4. The van der Waals surface area contributed by atoms with Gasteiger partial charge in [-0.1, -0.05) is 59.7 Å². The minimum absolute atomic E-state index is 0.899. The van der Waals surface area contributed by atoms with Gasteiger partial charge >= 0.3 is 0 Å². The van der Waals surface area contributed by atoms with E-state index in [2.05, 4.69) is 114 Å². The molecular weight excluding hydrogens is 376 g/mol. The van der Waals surface area contributed by atoms with E-state index < -0.39 is 0 Å². The number of hydrogen-bond donors (Lipinski definition) is 0. The molecule has 0 fully saturated rings. The molecule has 0 atom stereocenters. The van der Waals surface area contributed by atoms with E-state index in [0.29, 0.717) is 0 Å². The summed E-state index contributed by atoms with van der Waals surface area (Å²) in [4.78, 5) is 0. The Morgan fingerprint density at radius 2 is 0.839 bits per heavy atom. The zero-order valence-electron chi connectivity index (χ0n) is 19.3. The van der Waals surface area contributed by atoms with Crippen molar-refractivity contribution in [1.29, 1.82) is 0 Å². The Hall–Kier alpha value is -3.32. The number of ether oxygens (including phenoxy) is 1. The van der Waals surface area contributed by atoms with E-state index in [-0.39, 0.29) is 0 Å². The Morgan fingerprint density at radius 3 is 1.19 bits per heavy atom. The van der Waals surface area contributed by atoms with Crippen molar-refractivity contribution in [2.24, 2.45) is 0 Å². The second kappa shape index (κ2) is 8.43. The minimum atomic E-state index is 0.899. The average molecular weight is 407 g/mol. The summed E-state index contributed by atoms with van der Waals surface area (Å²) < 4.78 is 6.32. The Bertz CT molecular complexity index is 1160. The van der Waals surface area contributed by atoms with Crippen LogP contribution >= 0.6 is 0 Å². The van der Waals surface area contributed by atoms with Gasteiger partial charge in [-0.25, -0.2) is 0 Å². The number of rotatable bonds is 4. The molecule has 0 aliphatic heterocycles. The molecule has 0 aromatic heterocycles. The molecule has 156 valence electrons. The van der Waals surface area contributed by atoms with Crippen LogP contribution in [0.1, 0.15) is 33.4 Å². The molecular formula is C30H30O. The summed E-state index contributed by atoms with van der Waals surface area (Å²) >= 11 is 0. The molecule has 0 aliphatic rings. The fraction of sp³-hybridized carbons (Fsp3) is 0.200. The second-order valence-corrected chi connectivity index (χ2v) is 8.70. The summed E-state index contributed by atoms with van der Waals surface area (Å²) in [5, 5.41) is 0. The van der Waals surface area contributed by atoms with Gasteiger partial charge in [0.1, 0.15) is 11.5 Å². The first-order valence-electron chi connectivity index (χ1n) is 10.9. The van der Waals surface area contributed by atoms with Gasteiger partial charge in [-0.05, 0) is 110 Å². The van der Waals surface area contributed by atoms with E-state index >= 15 is 0 Å². The molecule has 0 spiro atoms. The molecule has 0 saturated heterocycles. The Balaban J connectivity index is 1.60. The van der Waals surface area contributed by atoms with E-state index in [1.807, 2.05) is 0 Å². The molecule has 0 heterocycles. The first-order valence-corrected chi connectivity index (χ1v) is 10.9. The van der Waals surface area contributed by atoms with Gasteiger partial charge in [0.25, 0.3) is 0 Å². The summed E-state index contributed by atoms with van der Waals surface area (Å²) in [6.45, 7) is 12.8. The molecule has 4 aromatic carbocycles. The lowest BCUT2D eigenvalue weighted by Gasteiger charge is -2.15. The lowest BCUT2D eigenvalue weighted by molar-refractivity contribution is 0.475. The van der Waals surface area contributed by atoms with Crippen LogP contribution < -0.4 is 4.74 Å². The van der Waals surface area contributed by atoms with Crippen LogP contribution in [0.5, 0.6) is 11.5 Å². The zero-order valence-corrected chi connectivity index (χ0v) is 19.3. The number of benzene rings is 4. The minimum Gasteiger partial charge on any atom is -0.457 e. The molecule has 4 rings (SSSR count). The van der Waals surface area contributed by atoms with E-state index in [4.69, 9.17) is 4.74 Å². The fourth-order valence-electron chi connectivity index (χ4n) is 4.26. The highest BCUT2D eigenvalue weighted by Crippen LogP contribution is 2.34. The topological polar surface area (TPSA) is 9.23 Å². The van der Waals surface area contributed by atoms with Gasteiger partial charge in [-0.2, -0.15) is 0 Å². The van der Waals surface area contributed by atoms with Crippen LogP contribution in [0.3, 0.4) is 0 Å². The van der Waals surface area contributed by atoms with Crippen LogP contribution in [0, 0.1) is 41.5 Å². The van der Waals surface area contributed by atoms with Crippen LogP contribution in [-0.2, 0) is 0 Å². The summed E-state index contributed by atoms with van der Waals surface area (Å²) in [7, 11) is 0. The molecule has 1 heteroatoms. The maximum Gasteiger partial charge on any atom is 0.130 e. The van der Waals surface area contributed by atoms with Crippen molar-refractivity contribution in [1.82, 2.24) is 0 Å². The van der Waals surface area contributed by atoms with Crippen LogP contribution in [0.25, 0.3) is 22.3 Å². The highest BCUT2D eigenvalue weighted by atomic mass is 16.5. The summed E-state index contributed by atoms with van der Waals surface area (Å²) in [6.07, 6.45) is 0. The largest absolute Gasteiger partial charge is 0.457 e. The van der Waals surface area contributed by atoms with Gasteiger partial charge < -0.3 is 4.74 Å². The van der Waals surface area contributed by atoms with Crippen LogP contribution in [0.2, 0.25) is 0 Å². The lowest BCUT2D eigenvalue weighted by atomic mass is 9.97. The molecule has 0 unspecified atom stereocenters. The van der Waals surface area contributed by atoms with Crippen molar-refractivity contribution >= 4 is 0 Å². The molecule has 4 aromatic rings. The monoisotopic (exact) mass is 406 g/mol. The first-order chi connectivity index (χ1) is 14.8. The highest BCUT2D eigenvalue weighted by Gasteiger charge is 2.10. The van der Waals surface area contributed by atoms with Crippen molar-refractivity contribution in [2.45, 2.75) is 41.5 Å². The Labute approximate surface area is 186 Å². The molecule has 0 radical (unpaired) electrons. The Kier molecular flexibility index (Phi) is 5.69. The predicted molar refractivity (Wildman–Crippen MR) is 132 cm³/mol. The van der Waals surface area contributed by atoms with E-state index in [1.165, 1.54) is 44.5 Å². The van der Waals surface area contributed by atoms with Gasteiger partial charge in [0.15, 0.2) is 0 Å². The summed E-state index contributed by atoms with van der Waals surface area (Å²) in [6, 6.07) is 26.1. The Morgan fingerprint density at radius 1 is 0.419 bits per heavy atom. The lowest BCUT2D eigenvalue weighted by Crippen LogP contribution is -1.93. The van der Waals surface area contributed by atoms with Gasteiger partial charge in [0.2, 0.25) is 0 Å². The molecule has 0 aliphatic carbocycles. The third-order valence-corrected chi connectivity index (χ3v) is 5.96. The van der Waals surface area contributed by atoms with Crippen LogP contribution in [0.4, 0.5) is 0 Å². The maximum absolute atomic E-state index is 6.32. The van der Waals surface area contributed by atoms with Gasteiger partial charge in [0, 0.05) is 0 Å². The standard InChI is InChI=1S/C30H30O/c1-19-7-11-27(21(3)15-19)25-9-13-29(23(5)17-25)31-30-14-10-26(18-24(30)6)28-12-8-20(2)16-22(28)4/h7-18H,1-6H3. The molecule has 1 nitrogen and oxygen atoms in total. The van der Waals surface area contributed by atoms with Crippen molar-refractivity contribution < 1.29 is 4.74 Å². The smallest absolute Gasteiger partial charge is 0.130 e. The van der Waals surface area contributed by atoms with E-state index in [1.54, 1.807) is 0 Å². The first kappa shape index (κ1) is 20.9. The quantitative estimate of drug-likeness (QED) is 0.329. The second-order valence-electron chi connectivity index (χ2n) is 8.70. The van der Waals surface area contributed by atoms with Crippen molar-refractivity contribution in [3.63, 3.8) is 0 Å². The maximum atomic E-state index is 6.32. The third kappa shape index (κ3) is 4.41. The fourth-order valence-corrected chi connectivity index (χ4v) is 4.26. The van der Waals surface area contributed by atoms with Crippen molar-refractivity contribution in [3.05, 3.63) is 106 Å². The van der Waals surface area contributed by atoms with Gasteiger partial charge in [-0.15, -0.1) is 0 Å². The van der Waals surface area contributed by atoms with Crippen LogP contribution in [-0.4, -0.2) is 0 Å². The van der Waals surface area contributed by atoms with Gasteiger partial charge in [-0.3, -0.25) is 0 Å². The van der Waals surface area contributed by atoms with Crippen LogP contribution in [0.15, 0.2) is 72.8 Å². The summed E-state index contributed by atoms with van der Waals surface area (Å²) in [5.74, 6) is 1.80. The van der Waals surface area contributed by atoms with E-state index in [0.717, 1.165) is 22.6 Å². The third-order valence-electron chi connectivity index (χ3n) is 5.96. The molecule has 31 heavy (non-hydrogen) atoms. The van der Waals surface area contributed by atoms with Crippen molar-refractivity contribution in [2.75, 3.05) is 0 Å². The molecule has 0 N–H and O–H groups in total. The molecule has 0 saturated carbocycles. The average Bonchev–Trinajstić information content (AvgIpc) is 2.71. The normalized spacial score (nSPS) is 10.9. The predicted octanol–water partition coefficient (Wildman–Crippen LogP) is 8.66. The van der Waals surface area contributed by atoms with Crippen molar-refractivity contribution in [3.8, 4) is 33.8 Å². The van der Waals surface area contributed by atoms with Gasteiger partial charge in [0.05, 0.1) is 0 Å². The number of aryl methyl sites for hydroxylation is 6. The molecule has 0 amide bonds.